The Morgan fingerprint density at radius 1 is 0.486 bits per heavy atom. The van der Waals surface area contributed by atoms with Crippen LogP contribution in [0.15, 0.2) is 0 Å². The van der Waals surface area contributed by atoms with Crippen molar-refractivity contribution in [1.29, 1.82) is 0 Å². The molecule has 35 heavy (non-hydrogen) atoms. The molecule has 0 rings (SSSR count). The maximum atomic E-state index is 11.5. The Labute approximate surface area is 217 Å². The van der Waals surface area contributed by atoms with Crippen LogP contribution in [-0.2, 0) is 28.5 Å². The van der Waals surface area contributed by atoms with Gasteiger partial charge in [0.05, 0.1) is 52.7 Å². The van der Waals surface area contributed by atoms with Gasteiger partial charge in [-0.15, -0.1) is 0 Å². The van der Waals surface area contributed by atoms with Crippen molar-refractivity contribution in [2.45, 2.75) is 130 Å². The Balaban J connectivity index is 3.09. The standard InChI is InChI=1S/C29H58O6/c1-5-6-7-8-9-10-11-12-13-14-15-16-17-18-20-31-22-24-33-26-27-34-25-23-32-21-19-28(30)35-29(2,3)4/h5-27H2,1-4H3. The number of hydrogen-bond donors (Lipinski definition) is 0. The second-order valence-corrected chi connectivity index (χ2v) is 10.4. The molecule has 0 aromatic rings. The number of carbonyl (C=O) groups excluding carboxylic acids is 1. The number of unbranched alkanes of at least 4 members (excludes halogenated alkanes) is 13. The molecule has 6 heteroatoms. The van der Waals surface area contributed by atoms with Gasteiger partial charge < -0.3 is 23.7 Å². The predicted octanol–water partition coefficient (Wildman–Crippen LogP) is 7.27. The zero-order chi connectivity index (χ0) is 25.9. The van der Waals surface area contributed by atoms with Crippen LogP contribution in [0.4, 0.5) is 0 Å². The van der Waals surface area contributed by atoms with Gasteiger partial charge in [-0.25, -0.2) is 0 Å². The fourth-order valence-electron chi connectivity index (χ4n) is 3.71. The van der Waals surface area contributed by atoms with Gasteiger partial charge in [-0.05, 0) is 27.2 Å². The highest BCUT2D eigenvalue weighted by atomic mass is 16.6. The van der Waals surface area contributed by atoms with Gasteiger partial charge in [0.1, 0.15) is 5.60 Å². The average molecular weight is 503 g/mol. The number of carbonyl (C=O) groups is 1. The van der Waals surface area contributed by atoms with Gasteiger partial charge in [-0.1, -0.05) is 90.4 Å². The lowest BCUT2D eigenvalue weighted by atomic mass is 10.0. The lowest BCUT2D eigenvalue weighted by Crippen LogP contribution is -2.24. The van der Waals surface area contributed by atoms with E-state index < -0.39 is 5.60 Å². The van der Waals surface area contributed by atoms with E-state index in [1.165, 1.54) is 83.5 Å². The summed E-state index contributed by atoms with van der Waals surface area (Å²) < 4.78 is 27.2. The van der Waals surface area contributed by atoms with E-state index in [1.54, 1.807) is 0 Å². The highest BCUT2D eigenvalue weighted by Gasteiger charge is 2.15. The molecule has 0 aliphatic rings. The first-order valence-corrected chi connectivity index (χ1v) is 14.5. The summed E-state index contributed by atoms with van der Waals surface area (Å²) >= 11 is 0. The molecule has 0 aromatic carbocycles. The summed E-state index contributed by atoms with van der Waals surface area (Å²) in [5.41, 5.74) is -0.447. The molecule has 0 N–H and O–H groups in total. The van der Waals surface area contributed by atoms with E-state index in [0.717, 1.165) is 13.0 Å². The minimum absolute atomic E-state index is 0.238. The fraction of sp³-hybridized carbons (Fsp3) is 0.966. The van der Waals surface area contributed by atoms with Crippen LogP contribution < -0.4 is 0 Å². The Hall–Kier alpha value is -0.690. The molecule has 0 aliphatic heterocycles. The van der Waals surface area contributed by atoms with Crippen molar-refractivity contribution in [2.24, 2.45) is 0 Å². The van der Waals surface area contributed by atoms with Crippen LogP contribution in [0.25, 0.3) is 0 Å². The van der Waals surface area contributed by atoms with Crippen molar-refractivity contribution in [2.75, 3.05) is 52.9 Å². The Morgan fingerprint density at radius 3 is 1.23 bits per heavy atom. The third kappa shape index (κ3) is 31.3. The Bertz CT molecular complexity index is 435. The molecule has 210 valence electrons. The van der Waals surface area contributed by atoms with Gasteiger partial charge in [0, 0.05) is 6.61 Å². The monoisotopic (exact) mass is 502 g/mol. The molecule has 0 aliphatic carbocycles. The number of rotatable bonds is 27. The summed E-state index contributed by atoms with van der Waals surface area (Å²) in [6, 6.07) is 0. The first kappa shape index (κ1) is 34.3. The largest absolute Gasteiger partial charge is 0.460 e. The van der Waals surface area contributed by atoms with Gasteiger partial charge >= 0.3 is 5.97 Å². The molecule has 0 unspecified atom stereocenters. The summed E-state index contributed by atoms with van der Waals surface area (Å²) in [5, 5.41) is 0. The van der Waals surface area contributed by atoms with Crippen molar-refractivity contribution in [1.82, 2.24) is 0 Å². The molecule has 0 radical (unpaired) electrons. The zero-order valence-corrected chi connectivity index (χ0v) is 23.7. The van der Waals surface area contributed by atoms with Crippen LogP contribution in [0.5, 0.6) is 0 Å². The minimum Gasteiger partial charge on any atom is -0.460 e. The maximum Gasteiger partial charge on any atom is 0.308 e. The second kappa shape index (κ2) is 26.4. The maximum absolute atomic E-state index is 11.5. The summed E-state index contributed by atoms with van der Waals surface area (Å²) in [7, 11) is 0. The molecule has 0 spiro atoms. The molecule has 6 nitrogen and oxygen atoms in total. The van der Waals surface area contributed by atoms with E-state index in [0.29, 0.717) is 46.2 Å². The number of ether oxygens (including phenoxy) is 5. The van der Waals surface area contributed by atoms with Crippen LogP contribution in [0.2, 0.25) is 0 Å². The van der Waals surface area contributed by atoms with Gasteiger partial charge in [0.25, 0.3) is 0 Å². The number of esters is 1. The lowest BCUT2D eigenvalue weighted by Gasteiger charge is -2.19. The lowest BCUT2D eigenvalue weighted by molar-refractivity contribution is -0.156. The van der Waals surface area contributed by atoms with E-state index in [1.807, 2.05) is 20.8 Å². The minimum atomic E-state index is -0.447. The summed E-state index contributed by atoms with van der Waals surface area (Å²) in [4.78, 5) is 11.5. The molecule has 0 bridgehead atoms. The molecular weight excluding hydrogens is 444 g/mol. The zero-order valence-electron chi connectivity index (χ0n) is 23.7. The first-order chi connectivity index (χ1) is 17.0. The van der Waals surface area contributed by atoms with Crippen molar-refractivity contribution in [3.8, 4) is 0 Å². The number of hydrogen-bond acceptors (Lipinski definition) is 6. The predicted molar refractivity (Wildman–Crippen MR) is 144 cm³/mol. The summed E-state index contributed by atoms with van der Waals surface area (Å²) in [5.74, 6) is -0.238. The van der Waals surface area contributed by atoms with Crippen LogP contribution >= 0.6 is 0 Å². The normalized spacial score (nSPS) is 11.8. The molecule has 0 saturated heterocycles. The molecule has 0 saturated carbocycles. The smallest absolute Gasteiger partial charge is 0.308 e. The average Bonchev–Trinajstić information content (AvgIpc) is 2.80. The van der Waals surface area contributed by atoms with Crippen LogP contribution in [0.3, 0.4) is 0 Å². The Morgan fingerprint density at radius 2 is 0.829 bits per heavy atom. The molecule has 0 fully saturated rings. The molecule has 0 amide bonds. The van der Waals surface area contributed by atoms with Crippen molar-refractivity contribution < 1.29 is 28.5 Å². The highest BCUT2D eigenvalue weighted by Crippen LogP contribution is 2.13. The third-order valence-corrected chi connectivity index (χ3v) is 5.63. The highest BCUT2D eigenvalue weighted by molar-refractivity contribution is 5.69. The van der Waals surface area contributed by atoms with Gasteiger partial charge in [0.2, 0.25) is 0 Å². The quantitative estimate of drug-likeness (QED) is 0.0869. The van der Waals surface area contributed by atoms with Crippen LogP contribution in [0, 0.1) is 0 Å². The van der Waals surface area contributed by atoms with E-state index >= 15 is 0 Å². The Kier molecular flexibility index (Phi) is 25.9. The second-order valence-electron chi connectivity index (χ2n) is 10.4. The van der Waals surface area contributed by atoms with Crippen molar-refractivity contribution >= 4 is 5.97 Å². The van der Waals surface area contributed by atoms with Crippen molar-refractivity contribution in [3.63, 3.8) is 0 Å². The summed E-state index contributed by atoms with van der Waals surface area (Å²) in [6.07, 6.45) is 19.5. The molecule has 0 atom stereocenters. The molecular formula is C29H58O6. The fourth-order valence-corrected chi connectivity index (χ4v) is 3.71. The van der Waals surface area contributed by atoms with E-state index in [4.69, 9.17) is 23.7 Å². The van der Waals surface area contributed by atoms with Gasteiger partial charge in [-0.3, -0.25) is 4.79 Å². The topological polar surface area (TPSA) is 63.2 Å². The van der Waals surface area contributed by atoms with Crippen LogP contribution in [-0.4, -0.2) is 64.4 Å². The summed E-state index contributed by atoms with van der Waals surface area (Å²) in [6.45, 7) is 12.3. The molecule has 0 aromatic heterocycles. The van der Waals surface area contributed by atoms with E-state index in [2.05, 4.69) is 6.92 Å². The van der Waals surface area contributed by atoms with Crippen LogP contribution in [0.1, 0.15) is 124 Å². The first-order valence-electron chi connectivity index (χ1n) is 14.5. The van der Waals surface area contributed by atoms with Gasteiger partial charge in [-0.2, -0.15) is 0 Å². The van der Waals surface area contributed by atoms with Crippen molar-refractivity contribution in [3.05, 3.63) is 0 Å². The van der Waals surface area contributed by atoms with E-state index in [9.17, 15) is 4.79 Å². The van der Waals surface area contributed by atoms with E-state index in [-0.39, 0.29) is 12.4 Å². The third-order valence-electron chi connectivity index (χ3n) is 5.63. The molecule has 0 heterocycles. The SMILES string of the molecule is CCCCCCCCCCCCCCCCOCCOCCOCCOCCC(=O)OC(C)(C)C. The van der Waals surface area contributed by atoms with Gasteiger partial charge in [0.15, 0.2) is 0 Å².